The predicted octanol–water partition coefficient (Wildman–Crippen LogP) is 3.12. The Morgan fingerprint density at radius 2 is 1.89 bits per heavy atom. The van der Waals surface area contributed by atoms with Crippen LogP contribution in [0.3, 0.4) is 0 Å². The Morgan fingerprint density at radius 3 is 2.42 bits per heavy atom. The minimum atomic E-state index is -1.01. The van der Waals surface area contributed by atoms with Crippen LogP contribution in [0.25, 0.3) is 0 Å². The Bertz CT molecular complexity index is 485. The molecule has 1 heterocycles. The second-order valence-electron chi connectivity index (χ2n) is 6.51. The van der Waals surface area contributed by atoms with Gasteiger partial charge in [0.2, 0.25) is 0 Å². The lowest BCUT2D eigenvalue weighted by Gasteiger charge is -2.62. The van der Waals surface area contributed by atoms with Crippen molar-refractivity contribution in [3.05, 3.63) is 35.4 Å². The van der Waals surface area contributed by atoms with Gasteiger partial charge in [-0.25, -0.2) is 8.78 Å². The third-order valence-corrected chi connectivity index (χ3v) is 4.74. The van der Waals surface area contributed by atoms with E-state index in [1.807, 2.05) is 0 Å². The zero-order valence-corrected chi connectivity index (χ0v) is 11.9. The highest BCUT2D eigenvalue weighted by atomic mass is 19.1. The summed E-state index contributed by atoms with van der Waals surface area (Å²) in [6.07, 6.45) is -1.01. The molecule has 0 aliphatic carbocycles. The van der Waals surface area contributed by atoms with Crippen LogP contribution < -0.4 is 0 Å². The van der Waals surface area contributed by atoms with Crippen LogP contribution in [0.2, 0.25) is 0 Å². The number of halogens is 2. The van der Waals surface area contributed by atoms with Gasteiger partial charge in [-0.05, 0) is 37.5 Å². The van der Waals surface area contributed by atoms with E-state index in [-0.39, 0.29) is 16.5 Å². The standard InChI is InChI=1S/C15H21F2NO/c1-14(2)9-18(15(14,3)4)8-13(19)11-7-10(16)5-6-12(11)17/h5-7,13,19H,8-9H2,1-4H3. The molecule has 0 aromatic heterocycles. The van der Waals surface area contributed by atoms with Crippen molar-refractivity contribution in [2.45, 2.75) is 39.3 Å². The third-order valence-electron chi connectivity index (χ3n) is 4.74. The first kappa shape index (κ1) is 14.4. The summed E-state index contributed by atoms with van der Waals surface area (Å²) < 4.78 is 26.7. The van der Waals surface area contributed by atoms with Gasteiger partial charge in [0.15, 0.2) is 0 Å². The average molecular weight is 269 g/mol. The molecular formula is C15H21F2NO. The maximum Gasteiger partial charge on any atom is 0.129 e. The Hall–Kier alpha value is -1.00. The lowest BCUT2D eigenvalue weighted by molar-refractivity contribution is -0.131. The topological polar surface area (TPSA) is 23.5 Å². The molecule has 1 unspecified atom stereocenters. The van der Waals surface area contributed by atoms with E-state index in [9.17, 15) is 13.9 Å². The summed E-state index contributed by atoms with van der Waals surface area (Å²) in [7, 11) is 0. The second-order valence-corrected chi connectivity index (χ2v) is 6.51. The SMILES string of the molecule is CC1(C)CN(CC(O)c2cc(F)ccc2F)C1(C)C. The summed E-state index contributed by atoms with van der Waals surface area (Å²) in [5.74, 6) is -1.09. The van der Waals surface area contributed by atoms with Gasteiger partial charge < -0.3 is 5.11 Å². The summed E-state index contributed by atoms with van der Waals surface area (Å²) in [6.45, 7) is 9.69. The van der Waals surface area contributed by atoms with E-state index >= 15 is 0 Å². The maximum absolute atomic E-state index is 13.6. The van der Waals surface area contributed by atoms with Gasteiger partial charge in [-0.2, -0.15) is 0 Å². The van der Waals surface area contributed by atoms with Crippen molar-refractivity contribution >= 4 is 0 Å². The number of likely N-dealkylation sites (tertiary alicyclic amines) is 1. The van der Waals surface area contributed by atoms with Crippen LogP contribution in [0.5, 0.6) is 0 Å². The average Bonchev–Trinajstić information content (AvgIpc) is 2.31. The molecule has 2 nitrogen and oxygen atoms in total. The molecule has 2 rings (SSSR count). The van der Waals surface area contributed by atoms with Crippen LogP contribution in [0.1, 0.15) is 39.4 Å². The van der Waals surface area contributed by atoms with E-state index in [4.69, 9.17) is 0 Å². The van der Waals surface area contributed by atoms with E-state index in [0.29, 0.717) is 6.54 Å². The first-order valence-corrected chi connectivity index (χ1v) is 6.53. The number of benzene rings is 1. The molecular weight excluding hydrogens is 248 g/mol. The van der Waals surface area contributed by atoms with Gasteiger partial charge >= 0.3 is 0 Å². The molecule has 1 N–H and O–H groups in total. The van der Waals surface area contributed by atoms with Crippen molar-refractivity contribution in [3.8, 4) is 0 Å². The second kappa shape index (κ2) is 4.53. The molecule has 0 bridgehead atoms. The lowest BCUT2D eigenvalue weighted by atomic mass is 9.65. The highest BCUT2D eigenvalue weighted by Gasteiger charge is 2.52. The summed E-state index contributed by atoms with van der Waals surface area (Å²) in [5.41, 5.74) is 0.130. The van der Waals surface area contributed by atoms with Crippen LogP contribution >= 0.6 is 0 Å². The van der Waals surface area contributed by atoms with Crippen molar-refractivity contribution in [2.24, 2.45) is 5.41 Å². The minimum Gasteiger partial charge on any atom is -0.387 e. The van der Waals surface area contributed by atoms with Gasteiger partial charge in [-0.3, -0.25) is 4.90 Å². The van der Waals surface area contributed by atoms with Crippen LogP contribution in [0, 0.1) is 17.0 Å². The fourth-order valence-corrected chi connectivity index (χ4v) is 2.57. The Morgan fingerprint density at radius 1 is 1.26 bits per heavy atom. The molecule has 0 saturated carbocycles. The zero-order valence-electron chi connectivity index (χ0n) is 11.9. The van der Waals surface area contributed by atoms with E-state index in [0.717, 1.165) is 24.7 Å². The molecule has 106 valence electrons. The van der Waals surface area contributed by atoms with E-state index in [1.54, 1.807) is 0 Å². The Kier molecular flexibility index (Phi) is 3.43. The number of hydrogen-bond donors (Lipinski definition) is 1. The molecule has 1 saturated heterocycles. The van der Waals surface area contributed by atoms with Crippen LogP contribution in [0.4, 0.5) is 8.78 Å². The highest BCUT2D eigenvalue weighted by Crippen LogP contribution is 2.46. The van der Waals surface area contributed by atoms with Gasteiger partial charge in [0, 0.05) is 24.2 Å². The fraction of sp³-hybridized carbons (Fsp3) is 0.600. The van der Waals surface area contributed by atoms with Crippen molar-refractivity contribution in [1.82, 2.24) is 4.90 Å². The van der Waals surface area contributed by atoms with Crippen LogP contribution in [-0.2, 0) is 0 Å². The molecule has 1 atom stereocenters. The quantitative estimate of drug-likeness (QED) is 0.911. The van der Waals surface area contributed by atoms with Gasteiger partial charge in [0.1, 0.15) is 11.6 Å². The molecule has 4 heteroatoms. The number of rotatable bonds is 3. The molecule has 0 amide bonds. The number of aliphatic hydroxyl groups excluding tert-OH is 1. The van der Waals surface area contributed by atoms with E-state index in [2.05, 4.69) is 32.6 Å². The van der Waals surface area contributed by atoms with Crippen LogP contribution in [-0.4, -0.2) is 28.6 Å². The Balaban J connectivity index is 2.11. The monoisotopic (exact) mass is 269 g/mol. The van der Waals surface area contributed by atoms with E-state index < -0.39 is 17.7 Å². The zero-order chi connectivity index (χ0) is 14.4. The number of nitrogens with zero attached hydrogens (tertiary/aromatic N) is 1. The minimum absolute atomic E-state index is 0.0282. The van der Waals surface area contributed by atoms with E-state index in [1.165, 1.54) is 0 Å². The summed E-state index contributed by atoms with van der Waals surface area (Å²) >= 11 is 0. The lowest BCUT2D eigenvalue weighted by Crippen LogP contribution is -2.69. The normalized spacial score (nSPS) is 22.9. The van der Waals surface area contributed by atoms with Crippen molar-refractivity contribution in [1.29, 1.82) is 0 Å². The van der Waals surface area contributed by atoms with Crippen LogP contribution in [0.15, 0.2) is 18.2 Å². The largest absolute Gasteiger partial charge is 0.387 e. The number of β-amino-alcohol motifs (C(OH)–C–C–N with tert-alkyl or cyclic N) is 1. The highest BCUT2D eigenvalue weighted by molar-refractivity contribution is 5.22. The molecule has 1 aromatic carbocycles. The summed E-state index contributed by atoms with van der Waals surface area (Å²) in [6, 6.07) is 3.18. The van der Waals surface area contributed by atoms with Gasteiger partial charge in [-0.15, -0.1) is 0 Å². The first-order valence-electron chi connectivity index (χ1n) is 6.53. The number of hydrogen-bond acceptors (Lipinski definition) is 2. The molecule has 1 aliphatic heterocycles. The molecule has 0 spiro atoms. The molecule has 1 fully saturated rings. The van der Waals surface area contributed by atoms with Crippen molar-refractivity contribution < 1.29 is 13.9 Å². The first-order chi connectivity index (χ1) is 8.65. The predicted molar refractivity (Wildman–Crippen MR) is 70.8 cm³/mol. The number of aliphatic hydroxyl groups is 1. The molecule has 19 heavy (non-hydrogen) atoms. The molecule has 1 aromatic rings. The molecule has 1 aliphatic rings. The van der Waals surface area contributed by atoms with Crippen molar-refractivity contribution in [2.75, 3.05) is 13.1 Å². The van der Waals surface area contributed by atoms with Crippen molar-refractivity contribution in [3.63, 3.8) is 0 Å². The van der Waals surface area contributed by atoms with Gasteiger partial charge in [0.05, 0.1) is 6.10 Å². The third kappa shape index (κ3) is 2.39. The summed E-state index contributed by atoms with van der Waals surface area (Å²) in [5, 5.41) is 10.1. The Labute approximate surface area is 113 Å². The molecule has 0 radical (unpaired) electrons. The van der Waals surface area contributed by atoms with Gasteiger partial charge in [0.25, 0.3) is 0 Å². The maximum atomic E-state index is 13.6. The smallest absolute Gasteiger partial charge is 0.129 e. The van der Waals surface area contributed by atoms with Gasteiger partial charge in [-0.1, -0.05) is 13.8 Å². The fourth-order valence-electron chi connectivity index (χ4n) is 2.57. The summed E-state index contributed by atoms with van der Waals surface area (Å²) in [4.78, 5) is 2.10.